The Morgan fingerprint density at radius 2 is 1.94 bits per heavy atom. The third-order valence-electron chi connectivity index (χ3n) is 3.94. The minimum Gasteiger partial charge on any atom is -0.314 e. The van der Waals surface area contributed by atoms with E-state index in [1.165, 1.54) is 42.6 Å². The minimum absolute atomic E-state index is 0.609. The van der Waals surface area contributed by atoms with Crippen LogP contribution in [0.1, 0.15) is 42.5 Å². The number of nitrogens with zero attached hydrogens (tertiary/aromatic N) is 1. The molecular formula is C16H26N2. The molecule has 1 heterocycles. The fraction of sp³-hybridized carbons (Fsp3) is 0.625. The zero-order valence-electron chi connectivity index (χ0n) is 12.0. The summed E-state index contributed by atoms with van der Waals surface area (Å²) in [4.78, 5) is 2.65. The van der Waals surface area contributed by atoms with E-state index in [0.29, 0.717) is 6.04 Å². The van der Waals surface area contributed by atoms with Crippen LogP contribution in [-0.4, -0.2) is 31.1 Å². The maximum absolute atomic E-state index is 3.45. The summed E-state index contributed by atoms with van der Waals surface area (Å²) in [6, 6.07) is 7.53. The number of benzene rings is 1. The fourth-order valence-corrected chi connectivity index (χ4v) is 3.00. The largest absolute Gasteiger partial charge is 0.314 e. The van der Waals surface area contributed by atoms with E-state index in [0.717, 1.165) is 13.1 Å². The second-order valence-electron chi connectivity index (χ2n) is 5.45. The van der Waals surface area contributed by atoms with Crippen molar-refractivity contribution in [3.63, 3.8) is 0 Å². The van der Waals surface area contributed by atoms with E-state index < -0.39 is 0 Å². The van der Waals surface area contributed by atoms with E-state index in [2.05, 4.69) is 49.2 Å². The van der Waals surface area contributed by atoms with Gasteiger partial charge >= 0.3 is 0 Å². The minimum atomic E-state index is 0.609. The van der Waals surface area contributed by atoms with Crippen LogP contribution in [0.4, 0.5) is 0 Å². The van der Waals surface area contributed by atoms with Crippen LogP contribution >= 0.6 is 0 Å². The number of hydrogen-bond donors (Lipinski definition) is 1. The zero-order valence-corrected chi connectivity index (χ0v) is 12.0. The van der Waals surface area contributed by atoms with Gasteiger partial charge in [0.15, 0.2) is 0 Å². The monoisotopic (exact) mass is 246 g/mol. The Labute approximate surface area is 111 Å². The van der Waals surface area contributed by atoms with Crippen molar-refractivity contribution in [1.29, 1.82) is 0 Å². The van der Waals surface area contributed by atoms with Gasteiger partial charge in [-0.05, 0) is 31.4 Å². The maximum atomic E-state index is 3.45. The molecule has 1 saturated heterocycles. The molecule has 0 aliphatic carbocycles. The lowest BCUT2D eigenvalue weighted by molar-refractivity contribution is 0.164. The van der Waals surface area contributed by atoms with Crippen molar-refractivity contribution in [3.8, 4) is 0 Å². The number of aryl methyl sites for hydroxylation is 2. The normalized spacial score (nSPS) is 18.8. The van der Waals surface area contributed by atoms with Crippen LogP contribution in [0.15, 0.2) is 18.2 Å². The summed E-state index contributed by atoms with van der Waals surface area (Å²) in [5.41, 5.74) is 4.35. The van der Waals surface area contributed by atoms with Gasteiger partial charge in [-0.2, -0.15) is 0 Å². The molecule has 0 aromatic heterocycles. The van der Waals surface area contributed by atoms with Gasteiger partial charge < -0.3 is 5.32 Å². The van der Waals surface area contributed by atoms with Crippen molar-refractivity contribution in [3.05, 3.63) is 34.9 Å². The van der Waals surface area contributed by atoms with Crippen molar-refractivity contribution in [2.24, 2.45) is 0 Å². The molecule has 0 spiro atoms. The van der Waals surface area contributed by atoms with Gasteiger partial charge in [-0.25, -0.2) is 0 Å². The molecule has 1 fully saturated rings. The Morgan fingerprint density at radius 3 is 2.56 bits per heavy atom. The highest BCUT2D eigenvalue weighted by Gasteiger charge is 2.22. The van der Waals surface area contributed by atoms with Gasteiger partial charge in [0.1, 0.15) is 0 Å². The highest BCUT2D eigenvalue weighted by atomic mass is 15.2. The Bertz CT molecular complexity index is 381. The first-order valence-electron chi connectivity index (χ1n) is 7.24. The number of rotatable bonds is 4. The molecule has 2 heteroatoms. The molecule has 18 heavy (non-hydrogen) atoms. The second-order valence-corrected chi connectivity index (χ2v) is 5.45. The van der Waals surface area contributed by atoms with Crippen LogP contribution in [0, 0.1) is 13.8 Å². The van der Waals surface area contributed by atoms with Crippen molar-refractivity contribution >= 4 is 0 Å². The predicted octanol–water partition coefficient (Wildman–Crippen LogP) is 3.05. The van der Waals surface area contributed by atoms with Crippen molar-refractivity contribution in [2.75, 3.05) is 26.2 Å². The summed E-state index contributed by atoms with van der Waals surface area (Å²) in [5, 5.41) is 3.45. The van der Waals surface area contributed by atoms with Crippen LogP contribution in [-0.2, 0) is 0 Å². The molecule has 0 amide bonds. The van der Waals surface area contributed by atoms with Gasteiger partial charge in [-0.15, -0.1) is 0 Å². The Hall–Kier alpha value is -0.860. The lowest BCUT2D eigenvalue weighted by Gasteiger charge is -2.36. The molecule has 2 rings (SSSR count). The van der Waals surface area contributed by atoms with Crippen molar-refractivity contribution < 1.29 is 0 Å². The quantitative estimate of drug-likeness (QED) is 0.878. The highest BCUT2D eigenvalue weighted by Crippen LogP contribution is 2.29. The van der Waals surface area contributed by atoms with Gasteiger partial charge in [0.25, 0.3) is 0 Å². The average molecular weight is 246 g/mol. The Balaban J connectivity index is 2.22. The molecule has 1 aliphatic rings. The van der Waals surface area contributed by atoms with E-state index in [4.69, 9.17) is 0 Å². The highest BCUT2D eigenvalue weighted by molar-refractivity contribution is 5.33. The SMILES string of the molecule is CCC[C@H](c1ccc(C)cc1C)N1CCNCC1. The third-order valence-corrected chi connectivity index (χ3v) is 3.94. The summed E-state index contributed by atoms with van der Waals surface area (Å²) in [6.45, 7) is 11.3. The molecule has 1 aliphatic heterocycles. The van der Waals surface area contributed by atoms with Crippen LogP contribution in [0.3, 0.4) is 0 Å². The molecule has 1 aromatic rings. The Kier molecular flexibility index (Phi) is 4.79. The molecule has 1 atom stereocenters. The Morgan fingerprint density at radius 1 is 1.22 bits per heavy atom. The fourth-order valence-electron chi connectivity index (χ4n) is 3.00. The summed E-state index contributed by atoms with van der Waals surface area (Å²) in [6.07, 6.45) is 2.52. The molecule has 0 saturated carbocycles. The molecule has 0 radical (unpaired) electrons. The first kappa shape index (κ1) is 13.6. The van der Waals surface area contributed by atoms with E-state index in [1.54, 1.807) is 0 Å². The van der Waals surface area contributed by atoms with Crippen LogP contribution in [0.5, 0.6) is 0 Å². The smallest absolute Gasteiger partial charge is 0.0351 e. The van der Waals surface area contributed by atoms with Gasteiger partial charge in [-0.3, -0.25) is 4.90 Å². The van der Waals surface area contributed by atoms with Crippen LogP contribution in [0.2, 0.25) is 0 Å². The molecule has 1 aromatic carbocycles. The number of hydrogen-bond acceptors (Lipinski definition) is 2. The summed E-state index contributed by atoms with van der Waals surface area (Å²) in [5.74, 6) is 0. The predicted molar refractivity (Wildman–Crippen MR) is 78.0 cm³/mol. The second kappa shape index (κ2) is 6.35. The van der Waals surface area contributed by atoms with E-state index in [-0.39, 0.29) is 0 Å². The molecule has 0 bridgehead atoms. The van der Waals surface area contributed by atoms with E-state index in [1.807, 2.05) is 0 Å². The summed E-state index contributed by atoms with van der Waals surface area (Å²) < 4.78 is 0. The summed E-state index contributed by atoms with van der Waals surface area (Å²) >= 11 is 0. The lowest BCUT2D eigenvalue weighted by Crippen LogP contribution is -2.45. The third kappa shape index (κ3) is 3.12. The maximum Gasteiger partial charge on any atom is 0.0351 e. The first-order chi connectivity index (χ1) is 8.72. The zero-order chi connectivity index (χ0) is 13.0. The summed E-state index contributed by atoms with van der Waals surface area (Å²) in [7, 11) is 0. The van der Waals surface area contributed by atoms with Gasteiger partial charge in [0, 0.05) is 32.2 Å². The molecule has 100 valence electrons. The van der Waals surface area contributed by atoms with Gasteiger partial charge in [-0.1, -0.05) is 37.1 Å². The molecular weight excluding hydrogens is 220 g/mol. The van der Waals surface area contributed by atoms with Crippen LogP contribution < -0.4 is 5.32 Å². The first-order valence-corrected chi connectivity index (χ1v) is 7.24. The van der Waals surface area contributed by atoms with Crippen LogP contribution in [0.25, 0.3) is 0 Å². The van der Waals surface area contributed by atoms with Crippen molar-refractivity contribution in [2.45, 2.75) is 39.7 Å². The number of nitrogens with one attached hydrogen (secondary N) is 1. The molecule has 0 unspecified atom stereocenters. The van der Waals surface area contributed by atoms with E-state index in [9.17, 15) is 0 Å². The number of piperazine rings is 1. The molecule has 1 N–H and O–H groups in total. The van der Waals surface area contributed by atoms with Gasteiger partial charge in [0.2, 0.25) is 0 Å². The van der Waals surface area contributed by atoms with Crippen molar-refractivity contribution in [1.82, 2.24) is 10.2 Å². The molecule has 2 nitrogen and oxygen atoms in total. The average Bonchev–Trinajstić information content (AvgIpc) is 2.38. The van der Waals surface area contributed by atoms with E-state index >= 15 is 0 Å². The standard InChI is InChI=1S/C16H26N2/c1-4-5-16(18-10-8-17-9-11-18)15-7-6-13(2)12-14(15)3/h6-7,12,16-17H,4-5,8-11H2,1-3H3/t16-/m1/s1. The topological polar surface area (TPSA) is 15.3 Å². The van der Waals surface area contributed by atoms with Gasteiger partial charge in [0.05, 0.1) is 0 Å². The lowest BCUT2D eigenvalue weighted by atomic mass is 9.94.